The van der Waals surface area contributed by atoms with Gasteiger partial charge in [0, 0.05) is 18.7 Å². The molecule has 21 heavy (non-hydrogen) atoms. The van der Waals surface area contributed by atoms with Crippen molar-refractivity contribution in [2.24, 2.45) is 5.41 Å². The fraction of sp³-hybridized carbons (Fsp3) is 0.417. The fourth-order valence-electron chi connectivity index (χ4n) is 1.81. The van der Waals surface area contributed by atoms with Gasteiger partial charge in [-0.05, 0) is 12.8 Å². The number of ether oxygens (including phenoxy) is 1. The molecular formula is C12H13F2NO5S. The molecule has 2 rings (SSSR count). The van der Waals surface area contributed by atoms with Crippen LogP contribution in [0.25, 0.3) is 0 Å². The molecule has 0 unspecified atom stereocenters. The second-order valence-electron chi connectivity index (χ2n) is 4.83. The Balaban J connectivity index is 2.28. The van der Waals surface area contributed by atoms with E-state index in [9.17, 15) is 22.0 Å². The number of halogens is 2. The van der Waals surface area contributed by atoms with Crippen LogP contribution in [-0.2, 0) is 14.8 Å². The Kier molecular flexibility index (Phi) is 3.89. The second-order valence-corrected chi connectivity index (χ2v) is 6.56. The topological polar surface area (TPSA) is 92.7 Å². The zero-order valence-electron chi connectivity index (χ0n) is 11.0. The van der Waals surface area contributed by atoms with Crippen molar-refractivity contribution in [2.45, 2.75) is 17.7 Å². The number of aliphatic carboxylic acids is 1. The highest BCUT2D eigenvalue weighted by Gasteiger charge is 2.50. The van der Waals surface area contributed by atoms with Crippen LogP contribution in [0.2, 0.25) is 0 Å². The number of methoxy groups -OCH3 is 1. The average Bonchev–Trinajstić information content (AvgIpc) is 3.20. The highest BCUT2D eigenvalue weighted by atomic mass is 32.2. The van der Waals surface area contributed by atoms with Gasteiger partial charge in [0.15, 0.2) is 11.6 Å². The molecule has 0 aromatic heterocycles. The molecule has 1 aromatic carbocycles. The summed E-state index contributed by atoms with van der Waals surface area (Å²) in [5, 5.41) is 8.98. The lowest BCUT2D eigenvalue weighted by Gasteiger charge is -2.14. The Labute approximate surface area is 119 Å². The van der Waals surface area contributed by atoms with E-state index in [1.54, 1.807) is 0 Å². The molecule has 0 radical (unpaired) electrons. The lowest BCUT2D eigenvalue weighted by atomic mass is 10.1. The number of carboxylic acid groups (broad SMARTS) is 1. The molecule has 0 spiro atoms. The highest BCUT2D eigenvalue weighted by Crippen LogP contribution is 2.45. The molecule has 6 nitrogen and oxygen atoms in total. The van der Waals surface area contributed by atoms with E-state index in [0.29, 0.717) is 25.0 Å². The van der Waals surface area contributed by atoms with E-state index < -0.39 is 37.9 Å². The van der Waals surface area contributed by atoms with Crippen molar-refractivity contribution in [3.05, 3.63) is 23.8 Å². The van der Waals surface area contributed by atoms with E-state index in [1.807, 2.05) is 0 Å². The zero-order valence-corrected chi connectivity index (χ0v) is 11.8. The molecule has 0 heterocycles. The first kappa shape index (κ1) is 15.6. The zero-order chi connectivity index (χ0) is 15.8. The third-order valence-electron chi connectivity index (χ3n) is 3.40. The third kappa shape index (κ3) is 2.98. The van der Waals surface area contributed by atoms with Crippen LogP contribution in [0.1, 0.15) is 12.8 Å². The summed E-state index contributed by atoms with van der Waals surface area (Å²) in [6.07, 6.45) is 0.722. The molecule has 0 saturated heterocycles. The van der Waals surface area contributed by atoms with E-state index in [2.05, 4.69) is 4.72 Å². The summed E-state index contributed by atoms with van der Waals surface area (Å²) in [5.74, 6) is -4.03. The third-order valence-corrected chi connectivity index (χ3v) is 4.83. The van der Waals surface area contributed by atoms with Crippen molar-refractivity contribution in [3.8, 4) is 5.75 Å². The maximum absolute atomic E-state index is 13.2. The van der Waals surface area contributed by atoms with Crippen LogP contribution in [0.5, 0.6) is 5.75 Å². The van der Waals surface area contributed by atoms with Gasteiger partial charge in [0.05, 0.1) is 12.5 Å². The minimum absolute atomic E-state index is 0.313. The van der Waals surface area contributed by atoms with Crippen LogP contribution in [0, 0.1) is 17.0 Å². The van der Waals surface area contributed by atoms with Gasteiger partial charge in [-0.15, -0.1) is 0 Å². The minimum Gasteiger partial charge on any atom is -0.495 e. The first-order chi connectivity index (χ1) is 9.72. The van der Waals surface area contributed by atoms with Crippen molar-refractivity contribution < 1.29 is 31.8 Å². The van der Waals surface area contributed by atoms with Gasteiger partial charge in [-0.25, -0.2) is 21.9 Å². The number of nitrogens with one attached hydrogen (secondary N) is 1. The number of carboxylic acids is 1. The first-order valence-corrected chi connectivity index (χ1v) is 7.46. The molecule has 0 atom stereocenters. The van der Waals surface area contributed by atoms with Crippen LogP contribution in [0.3, 0.4) is 0 Å². The van der Waals surface area contributed by atoms with Gasteiger partial charge >= 0.3 is 5.97 Å². The Morgan fingerprint density at radius 2 is 1.95 bits per heavy atom. The number of rotatable bonds is 6. The summed E-state index contributed by atoms with van der Waals surface area (Å²) >= 11 is 0. The number of benzene rings is 1. The molecule has 116 valence electrons. The molecule has 1 aliphatic rings. The molecule has 0 aliphatic heterocycles. The monoisotopic (exact) mass is 321 g/mol. The summed E-state index contributed by atoms with van der Waals surface area (Å²) in [4.78, 5) is 10.4. The van der Waals surface area contributed by atoms with E-state index >= 15 is 0 Å². The minimum atomic E-state index is -4.21. The van der Waals surface area contributed by atoms with Crippen LogP contribution >= 0.6 is 0 Å². The quantitative estimate of drug-likeness (QED) is 0.819. The van der Waals surface area contributed by atoms with Gasteiger partial charge in [-0.2, -0.15) is 0 Å². The van der Waals surface area contributed by atoms with Crippen LogP contribution < -0.4 is 9.46 Å². The predicted octanol–water partition coefficient (Wildman–Crippen LogP) is 1.12. The highest BCUT2D eigenvalue weighted by molar-refractivity contribution is 7.89. The summed E-state index contributed by atoms with van der Waals surface area (Å²) in [7, 11) is -3.10. The number of carbonyl (C=O) groups is 1. The SMILES string of the molecule is COc1cc(F)c(F)cc1S(=O)(=O)NCC1(C(=O)O)CC1. The van der Waals surface area contributed by atoms with E-state index in [0.717, 1.165) is 7.11 Å². The normalized spacial score (nSPS) is 16.5. The Hall–Kier alpha value is -1.74. The van der Waals surface area contributed by atoms with E-state index in [-0.39, 0.29) is 12.3 Å². The summed E-state index contributed by atoms with van der Waals surface area (Å²) in [6.45, 7) is -0.313. The standard InChI is InChI=1S/C12H13F2NO5S/c1-20-9-4-7(13)8(14)5-10(9)21(18,19)15-6-12(2-3-12)11(16)17/h4-5,15H,2-3,6H2,1H3,(H,16,17). The molecule has 1 aliphatic carbocycles. The first-order valence-electron chi connectivity index (χ1n) is 5.98. The predicted molar refractivity (Wildman–Crippen MR) is 67.4 cm³/mol. The van der Waals surface area contributed by atoms with Gasteiger partial charge in [-0.3, -0.25) is 4.79 Å². The number of hydrogen-bond acceptors (Lipinski definition) is 4. The Morgan fingerprint density at radius 1 is 1.38 bits per heavy atom. The summed E-state index contributed by atoms with van der Waals surface area (Å²) in [5.41, 5.74) is -1.11. The van der Waals surface area contributed by atoms with Crippen LogP contribution in [-0.4, -0.2) is 33.1 Å². The van der Waals surface area contributed by atoms with Crippen molar-refractivity contribution in [1.82, 2.24) is 4.72 Å². The molecule has 9 heteroatoms. The van der Waals surface area contributed by atoms with Gasteiger partial charge in [-0.1, -0.05) is 0 Å². The largest absolute Gasteiger partial charge is 0.495 e. The second kappa shape index (κ2) is 5.23. The molecule has 1 fully saturated rings. The lowest BCUT2D eigenvalue weighted by molar-refractivity contribution is -0.143. The summed E-state index contributed by atoms with van der Waals surface area (Å²) < 4.78 is 57.3. The van der Waals surface area contributed by atoms with Crippen LogP contribution in [0.4, 0.5) is 8.78 Å². The Morgan fingerprint density at radius 3 is 2.43 bits per heavy atom. The van der Waals surface area contributed by atoms with E-state index in [1.165, 1.54) is 0 Å². The maximum atomic E-state index is 13.2. The van der Waals surface area contributed by atoms with Gasteiger partial charge < -0.3 is 9.84 Å². The Bertz CT molecular complexity index is 685. The number of sulfonamides is 1. The smallest absolute Gasteiger partial charge is 0.310 e. The number of hydrogen-bond donors (Lipinski definition) is 2. The van der Waals surface area contributed by atoms with Gasteiger partial charge in [0.2, 0.25) is 10.0 Å². The molecule has 1 saturated carbocycles. The molecule has 1 aromatic rings. The summed E-state index contributed by atoms with van der Waals surface area (Å²) in [6, 6.07) is 1.12. The molecule has 0 bridgehead atoms. The van der Waals surface area contributed by atoms with Gasteiger partial charge in [0.1, 0.15) is 10.6 Å². The van der Waals surface area contributed by atoms with E-state index in [4.69, 9.17) is 9.84 Å². The average molecular weight is 321 g/mol. The van der Waals surface area contributed by atoms with Crippen molar-refractivity contribution in [3.63, 3.8) is 0 Å². The van der Waals surface area contributed by atoms with Crippen molar-refractivity contribution >= 4 is 16.0 Å². The maximum Gasteiger partial charge on any atom is 0.310 e. The molecular weight excluding hydrogens is 308 g/mol. The lowest BCUT2D eigenvalue weighted by Crippen LogP contribution is -2.34. The molecule has 0 amide bonds. The molecule has 2 N–H and O–H groups in total. The fourth-order valence-corrected chi connectivity index (χ4v) is 3.10. The van der Waals surface area contributed by atoms with Gasteiger partial charge in [0.25, 0.3) is 0 Å². The van der Waals surface area contributed by atoms with Crippen molar-refractivity contribution in [2.75, 3.05) is 13.7 Å². The van der Waals surface area contributed by atoms with Crippen LogP contribution in [0.15, 0.2) is 17.0 Å². The van der Waals surface area contributed by atoms with Crippen molar-refractivity contribution in [1.29, 1.82) is 0 Å².